The number of nitrogens with one attached hydrogen (secondary N) is 1. The molecule has 0 aliphatic carbocycles. The summed E-state index contributed by atoms with van der Waals surface area (Å²) in [6.07, 6.45) is 3.95. The Hall–Kier alpha value is -1.33. The molecule has 1 aromatic heterocycles. The third-order valence-corrected chi connectivity index (χ3v) is 3.53. The van der Waals surface area contributed by atoms with E-state index < -0.39 is 0 Å². The minimum atomic E-state index is -0.296. The third-order valence-electron chi connectivity index (χ3n) is 3.53. The van der Waals surface area contributed by atoms with Crippen LogP contribution in [-0.2, 0) is 11.3 Å². The molecular weight excluding hydrogens is 244 g/mol. The second kappa shape index (κ2) is 6.73. The number of likely N-dealkylation sites (tertiary alicyclic amines) is 1. The third kappa shape index (κ3) is 3.36. The van der Waals surface area contributed by atoms with Gasteiger partial charge in [0.05, 0.1) is 19.4 Å². The van der Waals surface area contributed by atoms with Crippen LogP contribution >= 0.6 is 0 Å². The lowest BCUT2D eigenvalue weighted by molar-refractivity contribution is 0.0521. The quantitative estimate of drug-likeness (QED) is 0.793. The molecule has 1 unspecified atom stereocenters. The van der Waals surface area contributed by atoms with Crippen molar-refractivity contribution in [2.24, 2.45) is 0 Å². The number of furan rings is 1. The Morgan fingerprint density at radius 1 is 1.63 bits per heavy atom. The van der Waals surface area contributed by atoms with E-state index in [2.05, 4.69) is 10.2 Å². The predicted molar refractivity (Wildman–Crippen MR) is 72.0 cm³/mol. The van der Waals surface area contributed by atoms with Crippen LogP contribution in [0.2, 0.25) is 0 Å². The summed E-state index contributed by atoms with van der Waals surface area (Å²) < 4.78 is 10.5. The van der Waals surface area contributed by atoms with Crippen LogP contribution in [0.5, 0.6) is 0 Å². The first kappa shape index (κ1) is 14.1. The van der Waals surface area contributed by atoms with Crippen molar-refractivity contribution in [3.8, 4) is 0 Å². The number of likely N-dealkylation sites (N-methyl/N-ethyl adjacent to an activating group) is 1. The molecule has 5 heteroatoms. The van der Waals surface area contributed by atoms with E-state index in [4.69, 9.17) is 9.15 Å². The fourth-order valence-corrected chi connectivity index (χ4v) is 2.61. The van der Waals surface area contributed by atoms with E-state index in [1.807, 2.05) is 7.05 Å². The molecule has 0 bridgehead atoms. The zero-order chi connectivity index (χ0) is 13.7. The number of hydrogen-bond acceptors (Lipinski definition) is 5. The monoisotopic (exact) mass is 266 g/mol. The van der Waals surface area contributed by atoms with Crippen LogP contribution in [0.25, 0.3) is 0 Å². The number of rotatable bonds is 6. The zero-order valence-corrected chi connectivity index (χ0v) is 11.6. The van der Waals surface area contributed by atoms with Gasteiger partial charge in [-0.25, -0.2) is 4.79 Å². The van der Waals surface area contributed by atoms with Crippen molar-refractivity contribution in [2.75, 3.05) is 26.7 Å². The molecule has 1 saturated heterocycles. The van der Waals surface area contributed by atoms with Gasteiger partial charge in [0.25, 0.3) is 0 Å². The molecule has 106 valence electrons. The largest absolute Gasteiger partial charge is 0.467 e. The lowest BCUT2D eigenvalue weighted by Gasteiger charge is -2.23. The van der Waals surface area contributed by atoms with Gasteiger partial charge >= 0.3 is 5.97 Å². The maximum absolute atomic E-state index is 11.8. The molecule has 0 amide bonds. The highest BCUT2D eigenvalue weighted by atomic mass is 16.5. The highest BCUT2D eigenvalue weighted by molar-refractivity contribution is 5.90. The first-order valence-electron chi connectivity index (χ1n) is 6.88. The summed E-state index contributed by atoms with van der Waals surface area (Å²) in [4.78, 5) is 14.2. The average Bonchev–Trinajstić information content (AvgIpc) is 3.01. The van der Waals surface area contributed by atoms with E-state index in [0.29, 0.717) is 30.5 Å². The van der Waals surface area contributed by atoms with Crippen molar-refractivity contribution >= 4 is 5.97 Å². The second-order valence-electron chi connectivity index (χ2n) is 4.80. The molecule has 1 fully saturated rings. The summed E-state index contributed by atoms with van der Waals surface area (Å²) >= 11 is 0. The second-order valence-corrected chi connectivity index (χ2v) is 4.80. The number of esters is 1. The Morgan fingerprint density at radius 3 is 3.21 bits per heavy atom. The number of carbonyl (C=O) groups excluding carboxylic acids is 1. The molecule has 1 aliphatic rings. The molecule has 2 rings (SSSR count). The molecule has 0 saturated carbocycles. The Labute approximate surface area is 113 Å². The molecule has 0 radical (unpaired) electrons. The van der Waals surface area contributed by atoms with Gasteiger partial charge in [-0.3, -0.25) is 4.90 Å². The average molecular weight is 266 g/mol. The van der Waals surface area contributed by atoms with Crippen LogP contribution in [0, 0.1) is 0 Å². The number of carbonyl (C=O) groups is 1. The van der Waals surface area contributed by atoms with Crippen LogP contribution in [0.3, 0.4) is 0 Å². The van der Waals surface area contributed by atoms with Crippen LogP contribution < -0.4 is 5.32 Å². The maximum Gasteiger partial charge on any atom is 0.341 e. The summed E-state index contributed by atoms with van der Waals surface area (Å²) in [5.41, 5.74) is 0.553. The summed E-state index contributed by atoms with van der Waals surface area (Å²) in [6.45, 7) is 4.88. The van der Waals surface area contributed by atoms with Crippen LogP contribution in [0.15, 0.2) is 16.7 Å². The minimum Gasteiger partial charge on any atom is -0.467 e. The van der Waals surface area contributed by atoms with Crippen LogP contribution in [0.1, 0.15) is 35.9 Å². The molecular formula is C14H22N2O3. The molecule has 1 N–H and O–H groups in total. The molecule has 1 aliphatic heterocycles. The molecule has 5 nitrogen and oxygen atoms in total. The zero-order valence-electron chi connectivity index (χ0n) is 11.6. The number of nitrogens with zero attached hydrogens (tertiary/aromatic N) is 1. The maximum atomic E-state index is 11.8. The van der Waals surface area contributed by atoms with Gasteiger partial charge in [0.2, 0.25) is 0 Å². The van der Waals surface area contributed by atoms with E-state index >= 15 is 0 Å². The van der Waals surface area contributed by atoms with E-state index in [1.54, 1.807) is 19.3 Å². The van der Waals surface area contributed by atoms with Crippen molar-refractivity contribution in [1.82, 2.24) is 10.2 Å². The highest BCUT2D eigenvalue weighted by Crippen LogP contribution is 2.22. The van der Waals surface area contributed by atoms with Crippen molar-refractivity contribution in [1.29, 1.82) is 0 Å². The first-order chi connectivity index (χ1) is 9.26. The SMILES string of the molecule is CCOC(=O)c1ccoc1CN1CCCC1CNC. The highest BCUT2D eigenvalue weighted by Gasteiger charge is 2.26. The fraction of sp³-hybridized carbons (Fsp3) is 0.643. The molecule has 0 aromatic carbocycles. The Morgan fingerprint density at radius 2 is 2.47 bits per heavy atom. The fourth-order valence-electron chi connectivity index (χ4n) is 2.61. The number of ether oxygens (including phenoxy) is 1. The summed E-state index contributed by atoms with van der Waals surface area (Å²) in [7, 11) is 1.97. The first-order valence-corrected chi connectivity index (χ1v) is 6.88. The van der Waals surface area contributed by atoms with Gasteiger partial charge in [-0.2, -0.15) is 0 Å². The summed E-state index contributed by atoms with van der Waals surface area (Å²) in [6, 6.07) is 2.21. The van der Waals surface area contributed by atoms with Gasteiger partial charge in [0, 0.05) is 12.6 Å². The smallest absolute Gasteiger partial charge is 0.341 e. The molecule has 2 heterocycles. The van der Waals surface area contributed by atoms with Gasteiger partial charge in [-0.1, -0.05) is 0 Å². The van der Waals surface area contributed by atoms with Crippen LogP contribution in [0.4, 0.5) is 0 Å². The molecule has 0 spiro atoms. The van der Waals surface area contributed by atoms with E-state index in [1.165, 1.54) is 12.8 Å². The Balaban J connectivity index is 2.03. The standard InChI is InChI=1S/C14H22N2O3/c1-3-18-14(17)12-6-8-19-13(12)10-16-7-4-5-11(16)9-15-2/h6,8,11,15H,3-5,7,9-10H2,1-2H3. The van der Waals surface area contributed by atoms with Gasteiger partial charge in [-0.15, -0.1) is 0 Å². The molecule has 19 heavy (non-hydrogen) atoms. The summed E-state index contributed by atoms with van der Waals surface area (Å²) in [5.74, 6) is 0.414. The van der Waals surface area contributed by atoms with Gasteiger partial charge < -0.3 is 14.5 Å². The van der Waals surface area contributed by atoms with Crippen molar-refractivity contribution in [3.63, 3.8) is 0 Å². The van der Waals surface area contributed by atoms with Crippen molar-refractivity contribution < 1.29 is 13.9 Å². The normalized spacial score (nSPS) is 19.8. The lowest BCUT2D eigenvalue weighted by Crippen LogP contribution is -2.36. The number of hydrogen-bond donors (Lipinski definition) is 1. The topological polar surface area (TPSA) is 54.7 Å². The van der Waals surface area contributed by atoms with Crippen molar-refractivity contribution in [3.05, 3.63) is 23.7 Å². The molecule has 1 atom stereocenters. The lowest BCUT2D eigenvalue weighted by atomic mass is 10.2. The Bertz CT molecular complexity index is 417. The molecule has 1 aromatic rings. The predicted octanol–water partition coefficient (Wildman–Crippen LogP) is 1.64. The van der Waals surface area contributed by atoms with E-state index in [0.717, 1.165) is 13.1 Å². The van der Waals surface area contributed by atoms with Crippen molar-refractivity contribution in [2.45, 2.75) is 32.4 Å². The minimum absolute atomic E-state index is 0.296. The van der Waals surface area contributed by atoms with Gasteiger partial charge in [0.1, 0.15) is 11.3 Å². The summed E-state index contributed by atoms with van der Waals surface area (Å²) in [5, 5.41) is 3.21. The van der Waals surface area contributed by atoms with Gasteiger partial charge in [-0.05, 0) is 39.4 Å². The van der Waals surface area contributed by atoms with Gasteiger partial charge in [0.15, 0.2) is 0 Å². The van der Waals surface area contributed by atoms with Crippen LogP contribution in [-0.4, -0.2) is 43.7 Å². The Kier molecular flexibility index (Phi) is 4.99. The van der Waals surface area contributed by atoms with E-state index in [9.17, 15) is 4.79 Å². The van der Waals surface area contributed by atoms with E-state index in [-0.39, 0.29) is 5.97 Å².